The van der Waals surface area contributed by atoms with E-state index in [2.05, 4.69) is 0 Å². The van der Waals surface area contributed by atoms with E-state index in [0.717, 1.165) is 12.1 Å². The highest BCUT2D eigenvalue weighted by atomic mass is 16.4. The third-order valence-corrected chi connectivity index (χ3v) is 3.47. The SMILES string of the molecule is O=C(O)c1cccc(/C=C/c2cc(C(=O)O)c(C(=O)O)cc2C(=O)O)c1. The molecule has 0 unspecified atom stereocenters. The molecule has 0 aromatic heterocycles. The van der Waals surface area contributed by atoms with Gasteiger partial charge in [0, 0.05) is 0 Å². The Hall–Kier alpha value is -3.94. The van der Waals surface area contributed by atoms with Crippen LogP contribution in [0.2, 0.25) is 0 Å². The van der Waals surface area contributed by atoms with E-state index >= 15 is 0 Å². The fraction of sp³-hybridized carbons (Fsp3) is 0. The number of hydrogen-bond donors (Lipinski definition) is 4. The van der Waals surface area contributed by atoms with Gasteiger partial charge in [-0.1, -0.05) is 24.3 Å². The molecule has 0 fully saturated rings. The molecule has 8 heteroatoms. The average molecular weight is 356 g/mol. The predicted molar refractivity (Wildman–Crippen MR) is 89.6 cm³/mol. The zero-order valence-corrected chi connectivity index (χ0v) is 13.0. The van der Waals surface area contributed by atoms with E-state index < -0.39 is 40.6 Å². The molecule has 132 valence electrons. The predicted octanol–water partition coefficient (Wildman–Crippen LogP) is 2.65. The standard InChI is InChI=1S/C18H12O8/c19-15(20)11-3-1-2-9(6-11)4-5-10-7-13(17(23)24)14(18(25)26)8-12(10)16(21)22/h1-8H,(H,19,20)(H,21,22)(H,23,24)(H,25,26)/b5-4+. The van der Waals surface area contributed by atoms with Crippen molar-refractivity contribution in [1.82, 2.24) is 0 Å². The number of rotatable bonds is 6. The summed E-state index contributed by atoms with van der Waals surface area (Å²) in [6.45, 7) is 0. The zero-order chi connectivity index (χ0) is 19.4. The highest BCUT2D eigenvalue weighted by Gasteiger charge is 2.21. The molecule has 0 saturated heterocycles. The molecule has 26 heavy (non-hydrogen) atoms. The summed E-state index contributed by atoms with van der Waals surface area (Å²) in [6, 6.07) is 7.54. The molecular weight excluding hydrogens is 344 g/mol. The number of carbonyl (C=O) groups is 4. The van der Waals surface area contributed by atoms with Crippen molar-refractivity contribution < 1.29 is 39.6 Å². The molecule has 8 nitrogen and oxygen atoms in total. The van der Waals surface area contributed by atoms with E-state index in [1.807, 2.05) is 0 Å². The molecule has 2 rings (SSSR count). The topological polar surface area (TPSA) is 149 Å². The van der Waals surface area contributed by atoms with Crippen molar-refractivity contribution in [2.75, 3.05) is 0 Å². The van der Waals surface area contributed by atoms with Gasteiger partial charge in [0.15, 0.2) is 0 Å². The number of carboxylic acid groups (broad SMARTS) is 4. The van der Waals surface area contributed by atoms with Gasteiger partial charge in [-0.3, -0.25) is 0 Å². The van der Waals surface area contributed by atoms with E-state index in [0.29, 0.717) is 5.56 Å². The fourth-order valence-electron chi connectivity index (χ4n) is 2.25. The minimum atomic E-state index is -1.56. The molecule has 4 N–H and O–H groups in total. The first-order chi connectivity index (χ1) is 12.2. The summed E-state index contributed by atoms with van der Waals surface area (Å²) < 4.78 is 0. The average Bonchev–Trinajstić information content (AvgIpc) is 2.58. The number of aromatic carboxylic acids is 4. The van der Waals surface area contributed by atoms with Crippen LogP contribution in [0.1, 0.15) is 52.6 Å². The van der Waals surface area contributed by atoms with Crippen molar-refractivity contribution in [1.29, 1.82) is 0 Å². The lowest BCUT2D eigenvalue weighted by atomic mass is 9.97. The summed E-state index contributed by atoms with van der Waals surface area (Å²) in [5.74, 6) is -5.63. The lowest BCUT2D eigenvalue weighted by molar-refractivity contribution is 0.0649. The van der Waals surface area contributed by atoms with Gasteiger partial charge in [-0.2, -0.15) is 0 Å². The first-order valence-corrected chi connectivity index (χ1v) is 7.10. The van der Waals surface area contributed by atoms with E-state index in [9.17, 15) is 24.3 Å². The Bertz CT molecular complexity index is 956. The van der Waals surface area contributed by atoms with E-state index in [-0.39, 0.29) is 11.1 Å². The first kappa shape index (κ1) is 18.4. The Labute approximate surface area is 146 Å². The largest absolute Gasteiger partial charge is 0.478 e. The van der Waals surface area contributed by atoms with E-state index in [1.165, 1.54) is 30.4 Å². The second-order valence-electron chi connectivity index (χ2n) is 5.16. The molecule has 0 amide bonds. The smallest absolute Gasteiger partial charge is 0.336 e. The summed E-state index contributed by atoms with van der Waals surface area (Å²) >= 11 is 0. The van der Waals surface area contributed by atoms with Crippen LogP contribution in [0.3, 0.4) is 0 Å². The van der Waals surface area contributed by atoms with Crippen LogP contribution < -0.4 is 0 Å². The van der Waals surface area contributed by atoms with Crippen LogP contribution >= 0.6 is 0 Å². The molecule has 2 aromatic rings. The summed E-state index contributed by atoms with van der Waals surface area (Å²) in [7, 11) is 0. The van der Waals surface area contributed by atoms with Gasteiger partial charge < -0.3 is 20.4 Å². The molecule has 0 aliphatic rings. The van der Waals surface area contributed by atoms with Gasteiger partial charge in [0.05, 0.1) is 22.3 Å². The quantitative estimate of drug-likeness (QED) is 0.577. The van der Waals surface area contributed by atoms with Crippen molar-refractivity contribution in [2.45, 2.75) is 0 Å². The van der Waals surface area contributed by atoms with Crippen LogP contribution in [0, 0.1) is 0 Å². The van der Waals surface area contributed by atoms with Crippen LogP contribution in [0.25, 0.3) is 12.2 Å². The van der Waals surface area contributed by atoms with Crippen LogP contribution in [0.5, 0.6) is 0 Å². The Morgan fingerprint density at radius 1 is 0.654 bits per heavy atom. The summed E-state index contributed by atoms with van der Waals surface area (Å²) in [4.78, 5) is 44.8. The lowest BCUT2D eigenvalue weighted by Gasteiger charge is -2.07. The van der Waals surface area contributed by atoms with Gasteiger partial charge >= 0.3 is 23.9 Å². The van der Waals surface area contributed by atoms with Gasteiger partial charge in [-0.05, 0) is 35.4 Å². The van der Waals surface area contributed by atoms with Gasteiger partial charge in [0.1, 0.15) is 0 Å². The molecule has 0 aliphatic carbocycles. The minimum Gasteiger partial charge on any atom is -0.478 e. The van der Waals surface area contributed by atoms with Crippen LogP contribution in [0.4, 0.5) is 0 Å². The second kappa shape index (κ2) is 7.31. The first-order valence-electron chi connectivity index (χ1n) is 7.10. The van der Waals surface area contributed by atoms with Crippen LogP contribution in [-0.4, -0.2) is 44.3 Å². The molecule has 0 saturated carbocycles. The second-order valence-corrected chi connectivity index (χ2v) is 5.16. The van der Waals surface area contributed by atoms with Crippen molar-refractivity contribution in [3.63, 3.8) is 0 Å². The Morgan fingerprint density at radius 2 is 1.23 bits per heavy atom. The molecule has 0 spiro atoms. The van der Waals surface area contributed by atoms with Gasteiger partial charge in [0.2, 0.25) is 0 Å². The molecule has 2 aromatic carbocycles. The maximum absolute atomic E-state index is 11.4. The molecule has 0 heterocycles. The van der Waals surface area contributed by atoms with Crippen molar-refractivity contribution in [2.24, 2.45) is 0 Å². The number of hydrogen-bond acceptors (Lipinski definition) is 4. The number of benzene rings is 2. The van der Waals surface area contributed by atoms with Crippen LogP contribution in [-0.2, 0) is 0 Å². The van der Waals surface area contributed by atoms with E-state index in [4.69, 9.17) is 15.3 Å². The normalized spacial score (nSPS) is 10.6. The van der Waals surface area contributed by atoms with Crippen molar-refractivity contribution in [3.8, 4) is 0 Å². The van der Waals surface area contributed by atoms with Gasteiger partial charge in [-0.15, -0.1) is 0 Å². The summed E-state index contributed by atoms with van der Waals surface area (Å²) in [5, 5.41) is 36.5. The fourth-order valence-corrected chi connectivity index (χ4v) is 2.25. The maximum Gasteiger partial charge on any atom is 0.336 e. The zero-order valence-electron chi connectivity index (χ0n) is 13.0. The molecule has 0 radical (unpaired) electrons. The van der Waals surface area contributed by atoms with Gasteiger partial charge in [-0.25, -0.2) is 19.2 Å². The third-order valence-electron chi connectivity index (χ3n) is 3.47. The monoisotopic (exact) mass is 356 g/mol. The highest BCUT2D eigenvalue weighted by Crippen LogP contribution is 2.21. The Balaban J connectivity index is 2.57. The van der Waals surface area contributed by atoms with Crippen LogP contribution in [0.15, 0.2) is 36.4 Å². The highest BCUT2D eigenvalue weighted by molar-refractivity contribution is 6.05. The lowest BCUT2D eigenvalue weighted by Crippen LogP contribution is -2.12. The third kappa shape index (κ3) is 3.93. The Kier molecular flexibility index (Phi) is 5.17. The molecule has 0 bridgehead atoms. The van der Waals surface area contributed by atoms with E-state index in [1.54, 1.807) is 6.07 Å². The molecule has 0 atom stereocenters. The Morgan fingerprint density at radius 3 is 1.77 bits per heavy atom. The van der Waals surface area contributed by atoms with Gasteiger partial charge in [0.25, 0.3) is 0 Å². The molecule has 0 aliphatic heterocycles. The maximum atomic E-state index is 11.4. The summed E-state index contributed by atoms with van der Waals surface area (Å²) in [6.07, 6.45) is 2.68. The minimum absolute atomic E-state index is 0.0260. The number of carboxylic acids is 4. The summed E-state index contributed by atoms with van der Waals surface area (Å²) in [5.41, 5.74) is -1.14. The molecular formula is C18H12O8. The van der Waals surface area contributed by atoms with Crippen molar-refractivity contribution in [3.05, 3.63) is 69.8 Å². The van der Waals surface area contributed by atoms with Crippen molar-refractivity contribution >= 4 is 36.0 Å².